The third-order valence-electron chi connectivity index (χ3n) is 4.06. The summed E-state index contributed by atoms with van der Waals surface area (Å²) < 4.78 is 1.04. The van der Waals surface area contributed by atoms with E-state index in [1.807, 2.05) is 39.0 Å². The summed E-state index contributed by atoms with van der Waals surface area (Å²) in [6.45, 7) is 7.27. The molecule has 0 aliphatic heterocycles. The molecule has 6 heteroatoms. The van der Waals surface area contributed by atoms with Gasteiger partial charge in [-0.25, -0.2) is 4.98 Å². The molecule has 5 nitrogen and oxygen atoms in total. The fraction of sp³-hybridized carbons (Fsp3) is 0.278. The van der Waals surface area contributed by atoms with Crippen LogP contribution in [0.15, 0.2) is 18.2 Å². The number of carbonyl (C=O) groups excluding carboxylic acids is 2. The van der Waals surface area contributed by atoms with Crippen molar-refractivity contribution in [2.24, 2.45) is 0 Å². The molecule has 1 aromatic carbocycles. The number of anilines is 1. The average Bonchev–Trinajstić information content (AvgIpc) is 3.08. The van der Waals surface area contributed by atoms with Crippen LogP contribution in [0.4, 0.5) is 5.13 Å². The first kappa shape index (κ1) is 16.4. The Morgan fingerprint density at radius 1 is 1.29 bits per heavy atom. The van der Waals surface area contributed by atoms with E-state index < -0.39 is 0 Å². The Kier molecular flexibility index (Phi) is 4.24. The number of Topliss-reactive ketones (excluding diaryl/α,β-unsaturated/α-hetero) is 1. The smallest absolute Gasteiger partial charge is 0.274 e. The standard InChI is InChI=1S/C18H19N3O2S/c1-5-12-14(11(4)22)10(3)19-16(12)17(23)21-18-20-15-9(2)7-6-8-13(15)24-18/h6-8,19H,5H2,1-4H3,(H,20,21,23). The maximum atomic E-state index is 12.7. The van der Waals surface area contributed by atoms with Gasteiger partial charge in [0.1, 0.15) is 5.69 Å². The number of nitrogens with one attached hydrogen (secondary N) is 2. The van der Waals surface area contributed by atoms with Crippen LogP contribution in [-0.2, 0) is 6.42 Å². The number of ketones is 1. The molecule has 24 heavy (non-hydrogen) atoms. The predicted octanol–water partition coefficient (Wildman–Crippen LogP) is 4.26. The third kappa shape index (κ3) is 2.73. The molecule has 0 atom stereocenters. The van der Waals surface area contributed by atoms with Gasteiger partial charge in [0.25, 0.3) is 5.91 Å². The second-order valence-corrected chi connectivity index (χ2v) is 6.81. The largest absolute Gasteiger partial charge is 0.354 e. The lowest BCUT2D eigenvalue weighted by Crippen LogP contribution is -2.14. The molecule has 0 aliphatic carbocycles. The van der Waals surface area contributed by atoms with Crippen LogP contribution in [0.5, 0.6) is 0 Å². The lowest BCUT2D eigenvalue weighted by Gasteiger charge is -2.03. The minimum atomic E-state index is -0.265. The van der Waals surface area contributed by atoms with E-state index >= 15 is 0 Å². The number of para-hydroxylation sites is 1. The van der Waals surface area contributed by atoms with Gasteiger partial charge in [-0.2, -0.15) is 0 Å². The Hall–Kier alpha value is -2.47. The number of nitrogens with zero attached hydrogens (tertiary/aromatic N) is 1. The van der Waals surface area contributed by atoms with Crippen LogP contribution in [0.2, 0.25) is 0 Å². The molecule has 0 radical (unpaired) electrons. The molecule has 3 rings (SSSR count). The van der Waals surface area contributed by atoms with Crippen LogP contribution in [0.1, 0.15) is 51.5 Å². The summed E-state index contributed by atoms with van der Waals surface area (Å²) in [6, 6.07) is 5.96. The Morgan fingerprint density at radius 3 is 2.67 bits per heavy atom. The summed E-state index contributed by atoms with van der Waals surface area (Å²) in [6.07, 6.45) is 0.612. The molecular weight excluding hydrogens is 322 g/mol. The number of thiazole rings is 1. The zero-order chi connectivity index (χ0) is 17.4. The number of fused-ring (bicyclic) bond motifs is 1. The maximum absolute atomic E-state index is 12.7. The Balaban J connectivity index is 1.96. The summed E-state index contributed by atoms with van der Waals surface area (Å²) in [5.41, 5.74) is 4.52. The normalized spacial score (nSPS) is 11.0. The van der Waals surface area contributed by atoms with Crippen LogP contribution in [-0.4, -0.2) is 21.7 Å². The van der Waals surface area contributed by atoms with Gasteiger partial charge in [0.15, 0.2) is 10.9 Å². The number of aryl methyl sites for hydroxylation is 2. The van der Waals surface area contributed by atoms with E-state index in [1.54, 1.807) is 0 Å². The van der Waals surface area contributed by atoms with Gasteiger partial charge in [0, 0.05) is 11.3 Å². The number of H-pyrrole nitrogens is 1. The van der Waals surface area contributed by atoms with Crippen molar-refractivity contribution in [2.45, 2.75) is 34.1 Å². The quantitative estimate of drug-likeness (QED) is 0.696. The van der Waals surface area contributed by atoms with Gasteiger partial charge in [0.05, 0.1) is 10.2 Å². The van der Waals surface area contributed by atoms with E-state index in [2.05, 4.69) is 15.3 Å². The first-order valence-electron chi connectivity index (χ1n) is 7.82. The Labute approximate surface area is 144 Å². The molecule has 0 unspecified atom stereocenters. The molecule has 0 saturated carbocycles. The second kappa shape index (κ2) is 6.20. The van der Waals surface area contributed by atoms with Crippen molar-refractivity contribution in [1.29, 1.82) is 0 Å². The van der Waals surface area contributed by atoms with E-state index in [0.717, 1.165) is 27.0 Å². The lowest BCUT2D eigenvalue weighted by molar-refractivity contribution is 0.101. The van der Waals surface area contributed by atoms with Gasteiger partial charge in [-0.15, -0.1) is 0 Å². The molecule has 124 valence electrons. The van der Waals surface area contributed by atoms with Crippen molar-refractivity contribution in [1.82, 2.24) is 9.97 Å². The summed E-state index contributed by atoms with van der Waals surface area (Å²) in [4.78, 5) is 32.0. The minimum absolute atomic E-state index is 0.0322. The highest BCUT2D eigenvalue weighted by molar-refractivity contribution is 7.22. The number of aromatic amines is 1. The van der Waals surface area contributed by atoms with Crippen molar-refractivity contribution in [2.75, 3.05) is 5.32 Å². The van der Waals surface area contributed by atoms with Crippen LogP contribution >= 0.6 is 11.3 Å². The van der Waals surface area contributed by atoms with E-state index in [4.69, 9.17) is 0 Å². The summed E-state index contributed by atoms with van der Waals surface area (Å²) >= 11 is 1.44. The van der Waals surface area contributed by atoms with E-state index in [1.165, 1.54) is 18.3 Å². The Morgan fingerprint density at radius 2 is 2.04 bits per heavy atom. The number of hydrogen-bond acceptors (Lipinski definition) is 4. The number of hydrogen-bond donors (Lipinski definition) is 2. The zero-order valence-corrected chi connectivity index (χ0v) is 14.9. The first-order chi connectivity index (χ1) is 11.4. The van der Waals surface area contributed by atoms with E-state index in [-0.39, 0.29) is 11.7 Å². The molecule has 0 saturated heterocycles. The Bertz CT molecular complexity index is 953. The van der Waals surface area contributed by atoms with Crippen molar-refractivity contribution in [3.63, 3.8) is 0 Å². The van der Waals surface area contributed by atoms with Gasteiger partial charge in [-0.1, -0.05) is 30.4 Å². The molecule has 0 aliphatic rings. The highest BCUT2D eigenvalue weighted by Gasteiger charge is 2.22. The summed E-state index contributed by atoms with van der Waals surface area (Å²) in [7, 11) is 0. The van der Waals surface area contributed by atoms with Gasteiger partial charge in [-0.05, 0) is 44.4 Å². The van der Waals surface area contributed by atoms with Crippen molar-refractivity contribution >= 4 is 38.4 Å². The van der Waals surface area contributed by atoms with Gasteiger partial charge >= 0.3 is 0 Å². The van der Waals surface area contributed by atoms with Gasteiger partial charge in [0.2, 0.25) is 0 Å². The van der Waals surface area contributed by atoms with Crippen molar-refractivity contribution in [3.05, 3.63) is 46.3 Å². The molecule has 1 amide bonds. The molecule has 3 aromatic rings. The zero-order valence-electron chi connectivity index (χ0n) is 14.1. The molecule has 0 fully saturated rings. The maximum Gasteiger partial charge on any atom is 0.274 e. The molecule has 2 heterocycles. The van der Waals surface area contributed by atoms with Gasteiger partial charge in [-0.3, -0.25) is 14.9 Å². The summed E-state index contributed by atoms with van der Waals surface area (Å²) in [5.74, 6) is -0.297. The van der Waals surface area contributed by atoms with Crippen molar-refractivity contribution in [3.8, 4) is 0 Å². The van der Waals surface area contributed by atoms with Crippen LogP contribution < -0.4 is 5.32 Å². The number of carbonyl (C=O) groups is 2. The predicted molar refractivity (Wildman–Crippen MR) is 97.2 cm³/mol. The SMILES string of the molecule is CCc1c(C(=O)Nc2nc3c(C)cccc3s2)[nH]c(C)c1C(C)=O. The van der Waals surface area contributed by atoms with E-state index in [0.29, 0.717) is 22.8 Å². The molecule has 0 bridgehead atoms. The second-order valence-electron chi connectivity index (χ2n) is 5.78. The van der Waals surface area contributed by atoms with Crippen LogP contribution in [0.25, 0.3) is 10.2 Å². The lowest BCUT2D eigenvalue weighted by atomic mass is 10.0. The number of amides is 1. The summed E-state index contributed by atoms with van der Waals surface area (Å²) in [5, 5.41) is 3.41. The fourth-order valence-electron chi connectivity index (χ4n) is 3.00. The minimum Gasteiger partial charge on any atom is -0.354 e. The highest BCUT2D eigenvalue weighted by Crippen LogP contribution is 2.29. The van der Waals surface area contributed by atoms with Crippen LogP contribution in [0.3, 0.4) is 0 Å². The average molecular weight is 341 g/mol. The fourth-order valence-corrected chi connectivity index (χ4v) is 3.94. The monoisotopic (exact) mass is 341 g/mol. The first-order valence-corrected chi connectivity index (χ1v) is 8.63. The van der Waals surface area contributed by atoms with Crippen LogP contribution in [0, 0.1) is 13.8 Å². The molecule has 2 N–H and O–H groups in total. The molecule has 2 aromatic heterocycles. The van der Waals surface area contributed by atoms with Gasteiger partial charge < -0.3 is 4.98 Å². The third-order valence-corrected chi connectivity index (χ3v) is 5.00. The highest BCUT2D eigenvalue weighted by atomic mass is 32.1. The van der Waals surface area contributed by atoms with Crippen molar-refractivity contribution < 1.29 is 9.59 Å². The molecule has 0 spiro atoms. The van der Waals surface area contributed by atoms with E-state index in [9.17, 15) is 9.59 Å². The number of rotatable bonds is 4. The topological polar surface area (TPSA) is 74.8 Å². The number of benzene rings is 1. The number of aromatic nitrogens is 2. The molecular formula is C18H19N3O2S.